The minimum absolute atomic E-state index is 0.0507. The van der Waals surface area contributed by atoms with Crippen molar-refractivity contribution in [3.05, 3.63) is 39.3 Å². The zero-order valence-corrected chi connectivity index (χ0v) is 14.5. The number of anilines is 1. The predicted molar refractivity (Wildman–Crippen MR) is 83.5 cm³/mol. The standard InChI is InChI=1S/C11H12Br2N4O2S/c1-17(6-10-15-2-3-16-10)20(18,19)11-8(13)4-7(12)5-9(11)14/h2-5H,6,14H2,1H3,(H,15,16). The summed E-state index contributed by atoms with van der Waals surface area (Å²) in [5.74, 6) is 0.558. The van der Waals surface area contributed by atoms with Gasteiger partial charge in [0.1, 0.15) is 10.7 Å². The third kappa shape index (κ3) is 3.05. The Labute approximate surface area is 133 Å². The monoisotopic (exact) mass is 422 g/mol. The maximum atomic E-state index is 12.6. The number of aromatic nitrogens is 2. The van der Waals surface area contributed by atoms with E-state index in [-0.39, 0.29) is 17.1 Å². The Bertz CT molecular complexity index is 693. The second-order valence-electron chi connectivity index (χ2n) is 4.10. The summed E-state index contributed by atoms with van der Waals surface area (Å²) >= 11 is 6.51. The highest BCUT2D eigenvalue weighted by molar-refractivity contribution is 9.11. The molecule has 0 fully saturated rings. The Morgan fingerprint density at radius 2 is 2.10 bits per heavy atom. The molecule has 0 amide bonds. The lowest BCUT2D eigenvalue weighted by molar-refractivity contribution is 0.458. The highest BCUT2D eigenvalue weighted by Crippen LogP contribution is 2.33. The van der Waals surface area contributed by atoms with E-state index in [4.69, 9.17) is 5.73 Å². The van der Waals surface area contributed by atoms with Gasteiger partial charge in [-0.05, 0) is 28.1 Å². The number of H-pyrrole nitrogens is 1. The van der Waals surface area contributed by atoms with Crippen LogP contribution in [0.3, 0.4) is 0 Å². The van der Waals surface area contributed by atoms with E-state index in [0.717, 1.165) is 0 Å². The Hall–Kier alpha value is -0.900. The van der Waals surface area contributed by atoms with Gasteiger partial charge >= 0.3 is 0 Å². The van der Waals surface area contributed by atoms with Crippen LogP contribution < -0.4 is 5.73 Å². The number of benzene rings is 1. The minimum Gasteiger partial charge on any atom is -0.398 e. The fraction of sp³-hybridized carbons (Fsp3) is 0.182. The predicted octanol–water partition coefficient (Wildman–Crippen LogP) is 2.34. The van der Waals surface area contributed by atoms with Gasteiger partial charge in [-0.3, -0.25) is 0 Å². The van der Waals surface area contributed by atoms with Crippen LogP contribution in [0.2, 0.25) is 0 Å². The molecule has 20 heavy (non-hydrogen) atoms. The van der Waals surface area contributed by atoms with Crippen molar-refractivity contribution in [2.24, 2.45) is 0 Å². The van der Waals surface area contributed by atoms with Crippen molar-refractivity contribution >= 4 is 47.6 Å². The van der Waals surface area contributed by atoms with Gasteiger partial charge in [0.05, 0.1) is 12.2 Å². The first-order chi connectivity index (χ1) is 9.32. The second-order valence-corrected chi connectivity index (χ2v) is 7.85. The minimum atomic E-state index is -3.71. The van der Waals surface area contributed by atoms with Crippen LogP contribution in [0.5, 0.6) is 0 Å². The summed E-state index contributed by atoms with van der Waals surface area (Å²) in [4.78, 5) is 6.92. The molecule has 0 unspecified atom stereocenters. The molecule has 0 saturated carbocycles. The van der Waals surface area contributed by atoms with Gasteiger partial charge in [-0.25, -0.2) is 13.4 Å². The summed E-state index contributed by atoms with van der Waals surface area (Å²) in [7, 11) is -2.23. The number of aromatic amines is 1. The third-order valence-corrected chi connectivity index (χ3v) is 5.90. The van der Waals surface area contributed by atoms with Crippen molar-refractivity contribution in [2.45, 2.75) is 11.4 Å². The smallest absolute Gasteiger partial charge is 0.246 e. The molecule has 1 aromatic heterocycles. The highest BCUT2D eigenvalue weighted by atomic mass is 79.9. The van der Waals surface area contributed by atoms with Crippen LogP contribution in [0, 0.1) is 0 Å². The molecule has 1 aromatic carbocycles. The Morgan fingerprint density at radius 3 is 2.65 bits per heavy atom. The number of nitrogens with zero attached hydrogens (tertiary/aromatic N) is 2. The number of hydrogen-bond acceptors (Lipinski definition) is 4. The van der Waals surface area contributed by atoms with E-state index in [9.17, 15) is 8.42 Å². The van der Waals surface area contributed by atoms with Crippen LogP contribution in [0.1, 0.15) is 5.82 Å². The number of halogens is 2. The first kappa shape index (κ1) is 15.5. The molecular formula is C11H12Br2N4O2S. The van der Waals surface area contributed by atoms with Crippen molar-refractivity contribution in [3.8, 4) is 0 Å². The van der Waals surface area contributed by atoms with Gasteiger partial charge < -0.3 is 10.7 Å². The van der Waals surface area contributed by atoms with Gasteiger partial charge in [0.25, 0.3) is 0 Å². The van der Waals surface area contributed by atoms with Crippen molar-refractivity contribution < 1.29 is 8.42 Å². The first-order valence-electron chi connectivity index (χ1n) is 5.51. The summed E-state index contributed by atoms with van der Waals surface area (Å²) < 4.78 is 27.4. The lowest BCUT2D eigenvalue weighted by Gasteiger charge is -2.18. The maximum Gasteiger partial charge on any atom is 0.246 e. The van der Waals surface area contributed by atoms with E-state index in [1.54, 1.807) is 24.5 Å². The van der Waals surface area contributed by atoms with E-state index in [1.165, 1.54) is 11.4 Å². The molecule has 1 heterocycles. The van der Waals surface area contributed by atoms with Gasteiger partial charge in [-0.2, -0.15) is 4.31 Å². The molecule has 0 radical (unpaired) electrons. The number of nitrogens with two attached hydrogens (primary N) is 1. The van der Waals surface area contributed by atoms with Gasteiger partial charge in [0.15, 0.2) is 0 Å². The number of hydrogen-bond donors (Lipinski definition) is 2. The zero-order valence-electron chi connectivity index (χ0n) is 10.5. The average Bonchev–Trinajstić information content (AvgIpc) is 2.79. The quantitative estimate of drug-likeness (QED) is 0.738. The fourth-order valence-electron chi connectivity index (χ4n) is 1.69. The molecule has 0 aliphatic carbocycles. The van der Waals surface area contributed by atoms with Gasteiger partial charge in [0.2, 0.25) is 10.0 Å². The van der Waals surface area contributed by atoms with Crippen molar-refractivity contribution in [2.75, 3.05) is 12.8 Å². The Balaban J connectivity index is 2.40. The molecule has 0 bridgehead atoms. The average molecular weight is 424 g/mol. The number of rotatable bonds is 4. The van der Waals surface area contributed by atoms with Gasteiger partial charge in [-0.15, -0.1) is 0 Å². The van der Waals surface area contributed by atoms with Crippen LogP contribution in [-0.4, -0.2) is 29.7 Å². The Kier molecular flexibility index (Phi) is 4.52. The van der Waals surface area contributed by atoms with Crippen LogP contribution in [-0.2, 0) is 16.6 Å². The number of nitrogen functional groups attached to an aromatic ring is 1. The fourth-order valence-corrected chi connectivity index (χ4v) is 4.83. The molecule has 0 aliphatic heterocycles. The molecule has 0 spiro atoms. The lowest BCUT2D eigenvalue weighted by atomic mass is 10.3. The van der Waals surface area contributed by atoms with Crippen LogP contribution in [0.15, 0.2) is 38.4 Å². The van der Waals surface area contributed by atoms with E-state index in [0.29, 0.717) is 14.8 Å². The SMILES string of the molecule is CN(Cc1ncc[nH]1)S(=O)(=O)c1c(N)cc(Br)cc1Br. The van der Waals surface area contributed by atoms with Crippen molar-refractivity contribution in [3.63, 3.8) is 0 Å². The number of nitrogens with one attached hydrogen (secondary N) is 1. The normalized spacial score (nSPS) is 12.0. The summed E-state index contributed by atoms with van der Waals surface area (Å²) in [5, 5.41) is 0. The van der Waals surface area contributed by atoms with Gasteiger partial charge in [-0.1, -0.05) is 15.9 Å². The third-order valence-electron chi connectivity index (χ3n) is 2.63. The molecule has 9 heteroatoms. The van der Waals surface area contributed by atoms with Crippen molar-refractivity contribution in [1.29, 1.82) is 0 Å². The molecule has 6 nitrogen and oxygen atoms in total. The van der Waals surface area contributed by atoms with Gasteiger partial charge in [0, 0.05) is 28.4 Å². The summed E-state index contributed by atoms with van der Waals surface area (Å²) in [6.07, 6.45) is 3.21. The van der Waals surface area contributed by atoms with E-state index >= 15 is 0 Å². The summed E-state index contributed by atoms with van der Waals surface area (Å²) in [5.41, 5.74) is 6.01. The second kappa shape index (κ2) is 5.84. The number of sulfonamides is 1. The van der Waals surface area contributed by atoms with E-state index < -0.39 is 10.0 Å². The molecule has 3 N–H and O–H groups in total. The summed E-state index contributed by atoms with van der Waals surface area (Å²) in [6.45, 7) is 0.136. The maximum absolute atomic E-state index is 12.6. The van der Waals surface area contributed by atoms with E-state index in [2.05, 4.69) is 41.8 Å². The first-order valence-corrected chi connectivity index (χ1v) is 8.54. The van der Waals surface area contributed by atoms with E-state index in [1.807, 2.05) is 0 Å². The molecule has 0 saturated heterocycles. The highest BCUT2D eigenvalue weighted by Gasteiger charge is 2.27. The molecule has 2 aromatic rings. The zero-order chi connectivity index (χ0) is 14.9. The molecule has 0 atom stereocenters. The molecule has 2 rings (SSSR count). The van der Waals surface area contributed by atoms with Crippen LogP contribution in [0.25, 0.3) is 0 Å². The summed E-state index contributed by atoms with van der Waals surface area (Å²) in [6, 6.07) is 3.20. The Morgan fingerprint density at radius 1 is 1.40 bits per heavy atom. The number of imidazole rings is 1. The largest absolute Gasteiger partial charge is 0.398 e. The molecule has 0 aliphatic rings. The van der Waals surface area contributed by atoms with Crippen LogP contribution >= 0.6 is 31.9 Å². The molecular weight excluding hydrogens is 412 g/mol. The topological polar surface area (TPSA) is 92.1 Å². The molecule has 108 valence electrons. The van der Waals surface area contributed by atoms with Crippen LogP contribution in [0.4, 0.5) is 5.69 Å². The van der Waals surface area contributed by atoms with Crippen molar-refractivity contribution in [1.82, 2.24) is 14.3 Å². The lowest BCUT2D eigenvalue weighted by Crippen LogP contribution is -2.28.